The van der Waals surface area contributed by atoms with E-state index in [1.807, 2.05) is 30.3 Å². The second-order valence-corrected chi connectivity index (χ2v) is 5.44. The van der Waals surface area contributed by atoms with E-state index in [1.54, 1.807) is 0 Å². The summed E-state index contributed by atoms with van der Waals surface area (Å²) >= 11 is 0. The topological polar surface area (TPSA) is 47.6 Å². The Morgan fingerprint density at radius 3 is 2.75 bits per heavy atom. The molecule has 0 saturated carbocycles. The highest BCUT2D eigenvalue weighted by molar-refractivity contribution is 5.92. The van der Waals surface area contributed by atoms with E-state index in [0.29, 0.717) is 12.6 Å². The van der Waals surface area contributed by atoms with Gasteiger partial charge in [-0.15, -0.1) is 0 Å². The molecule has 1 aliphatic heterocycles. The molecule has 0 radical (unpaired) electrons. The molecule has 0 spiro atoms. The standard InChI is InChI=1S/C15H24N4O/c1-18-8-9-19(2)14(12-18)10-16-11-15(20)17-13-6-4-3-5-7-13/h3-7,14,16H,8-12H2,1-2H3,(H,17,20). The maximum atomic E-state index is 11.8. The summed E-state index contributed by atoms with van der Waals surface area (Å²) in [4.78, 5) is 16.5. The summed E-state index contributed by atoms with van der Waals surface area (Å²) in [5.41, 5.74) is 0.841. The molecule has 2 N–H and O–H groups in total. The smallest absolute Gasteiger partial charge is 0.238 e. The van der Waals surface area contributed by atoms with E-state index >= 15 is 0 Å². The van der Waals surface area contributed by atoms with Crippen molar-refractivity contribution in [3.8, 4) is 0 Å². The number of anilines is 1. The molecule has 1 fully saturated rings. The maximum Gasteiger partial charge on any atom is 0.238 e. The quantitative estimate of drug-likeness (QED) is 0.820. The Bertz CT molecular complexity index is 423. The van der Waals surface area contributed by atoms with Gasteiger partial charge < -0.3 is 15.5 Å². The SMILES string of the molecule is CN1CCN(C)C(CNCC(=O)Nc2ccccc2)C1. The predicted molar refractivity (Wildman–Crippen MR) is 81.9 cm³/mol. The fraction of sp³-hybridized carbons (Fsp3) is 0.533. The van der Waals surface area contributed by atoms with Crippen LogP contribution in [0.4, 0.5) is 5.69 Å². The number of likely N-dealkylation sites (N-methyl/N-ethyl adjacent to an activating group) is 2. The van der Waals surface area contributed by atoms with Crippen LogP contribution in [-0.2, 0) is 4.79 Å². The van der Waals surface area contributed by atoms with E-state index in [9.17, 15) is 4.79 Å². The predicted octanol–water partition coefficient (Wildman–Crippen LogP) is 0.461. The summed E-state index contributed by atoms with van der Waals surface area (Å²) in [6, 6.07) is 10.0. The molecule has 1 saturated heterocycles. The van der Waals surface area contributed by atoms with E-state index in [0.717, 1.165) is 31.9 Å². The number of nitrogens with one attached hydrogen (secondary N) is 2. The van der Waals surface area contributed by atoms with E-state index in [2.05, 4.69) is 34.5 Å². The van der Waals surface area contributed by atoms with Crippen molar-refractivity contribution in [3.63, 3.8) is 0 Å². The Balaban J connectivity index is 1.68. The van der Waals surface area contributed by atoms with Crippen LogP contribution in [0.2, 0.25) is 0 Å². The van der Waals surface area contributed by atoms with Crippen molar-refractivity contribution in [2.75, 3.05) is 52.1 Å². The van der Waals surface area contributed by atoms with Crippen LogP contribution in [0.3, 0.4) is 0 Å². The van der Waals surface area contributed by atoms with Gasteiger partial charge >= 0.3 is 0 Å². The first kappa shape index (κ1) is 15.0. The van der Waals surface area contributed by atoms with Gasteiger partial charge in [0.05, 0.1) is 6.54 Å². The van der Waals surface area contributed by atoms with Gasteiger partial charge in [0.25, 0.3) is 0 Å². The van der Waals surface area contributed by atoms with Crippen LogP contribution in [0.1, 0.15) is 0 Å². The molecular weight excluding hydrogens is 252 g/mol. The lowest BCUT2D eigenvalue weighted by atomic mass is 10.2. The monoisotopic (exact) mass is 276 g/mol. The van der Waals surface area contributed by atoms with Crippen molar-refractivity contribution in [3.05, 3.63) is 30.3 Å². The van der Waals surface area contributed by atoms with Crippen LogP contribution in [-0.4, -0.2) is 68.6 Å². The van der Waals surface area contributed by atoms with Crippen LogP contribution in [0.25, 0.3) is 0 Å². The number of nitrogens with zero attached hydrogens (tertiary/aromatic N) is 2. The first-order chi connectivity index (χ1) is 9.65. The number of hydrogen-bond donors (Lipinski definition) is 2. The summed E-state index contributed by atoms with van der Waals surface area (Å²) in [5.74, 6) is 0.00279. The molecule has 1 aromatic carbocycles. The number of para-hydroxylation sites is 1. The molecule has 5 heteroatoms. The molecule has 0 aromatic heterocycles. The zero-order valence-electron chi connectivity index (χ0n) is 12.3. The van der Waals surface area contributed by atoms with E-state index < -0.39 is 0 Å². The average molecular weight is 276 g/mol. The number of rotatable bonds is 5. The first-order valence-corrected chi connectivity index (χ1v) is 7.09. The fourth-order valence-electron chi connectivity index (χ4n) is 2.40. The van der Waals surface area contributed by atoms with Gasteiger partial charge in [0.1, 0.15) is 0 Å². The number of hydrogen-bond acceptors (Lipinski definition) is 4. The zero-order valence-corrected chi connectivity index (χ0v) is 12.3. The van der Waals surface area contributed by atoms with Gasteiger partial charge in [-0.3, -0.25) is 9.69 Å². The van der Waals surface area contributed by atoms with Crippen molar-refractivity contribution >= 4 is 11.6 Å². The lowest BCUT2D eigenvalue weighted by Gasteiger charge is -2.37. The second kappa shape index (κ2) is 7.38. The fourth-order valence-corrected chi connectivity index (χ4v) is 2.40. The molecular formula is C15H24N4O. The molecule has 1 amide bonds. The molecule has 0 bridgehead atoms. The summed E-state index contributed by atoms with van der Waals surface area (Å²) in [5, 5.41) is 6.12. The van der Waals surface area contributed by atoms with Crippen LogP contribution >= 0.6 is 0 Å². The van der Waals surface area contributed by atoms with Gasteiger partial charge in [0, 0.05) is 37.9 Å². The molecule has 5 nitrogen and oxygen atoms in total. The summed E-state index contributed by atoms with van der Waals surface area (Å²) in [6.07, 6.45) is 0. The van der Waals surface area contributed by atoms with Crippen molar-refractivity contribution in [2.45, 2.75) is 6.04 Å². The van der Waals surface area contributed by atoms with Gasteiger partial charge in [-0.05, 0) is 26.2 Å². The van der Waals surface area contributed by atoms with Crippen LogP contribution < -0.4 is 10.6 Å². The van der Waals surface area contributed by atoms with E-state index in [4.69, 9.17) is 0 Å². The number of amides is 1. The highest BCUT2D eigenvalue weighted by Crippen LogP contribution is 2.05. The molecule has 0 aliphatic carbocycles. The van der Waals surface area contributed by atoms with E-state index in [-0.39, 0.29) is 5.91 Å². The van der Waals surface area contributed by atoms with Gasteiger partial charge in [0.15, 0.2) is 0 Å². The van der Waals surface area contributed by atoms with Gasteiger partial charge in [-0.25, -0.2) is 0 Å². The normalized spacial score (nSPS) is 20.8. The van der Waals surface area contributed by atoms with Crippen molar-refractivity contribution in [1.82, 2.24) is 15.1 Å². The van der Waals surface area contributed by atoms with E-state index in [1.165, 1.54) is 0 Å². The minimum Gasteiger partial charge on any atom is -0.325 e. The minimum absolute atomic E-state index is 0.00279. The Labute approximate surface area is 120 Å². The Kier molecular flexibility index (Phi) is 5.52. The summed E-state index contributed by atoms with van der Waals surface area (Å²) < 4.78 is 0. The molecule has 1 atom stereocenters. The third-order valence-corrected chi connectivity index (χ3v) is 3.70. The summed E-state index contributed by atoms with van der Waals surface area (Å²) in [6.45, 7) is 4.43. The number of piperazine rings is 1. The maximum absolute atomic E-state index is 11.8. The lowest BCUT2D eigenvalue weighted by molar-refractivity contribution is -0.115. The molecule has 1 unspecified atom stereocenters. The molecule has 1 aromatic rings. The molecule has 20 heavy (non-hydrogen) atoms. The van der Waals surface area contributed by atoms with Crippen molar-refractivity contribution in [1.29, 1.82) is 0 Å². The van der Waals surface area contributed by atoms with Gasteiger partial charge in [0.2, 0.25) is 5.91 Å². The third kappa shape index (κ3) is 4.59. The zero-order chi connectivity index (χ0) is 14.4. The number of carbonyl (C=O) groups is 1. The number of benzene rings is 1. The Morgan fingerprint density at radius 2 is 2.00 bits per heavy atom. The van der Waals surface area contributed by atoms with Crippen LogP contribution in [0.15, 0.2) is 30.3 Å². The number of carbonyl (C=O) groups excluding carboxylic acids is 1. The first-order valence-electron chi connectivity index (χ1n) is 7.09. The van der Waals surface area contributed by atoms with Gasteiger partial charge in [-0.2, -0.15) is 0 Å². The Morgan fingerprint density at radius 1 is 1.25 bits per heavy atom. The third-order valence-electron chi connectivity index (χ3n) is 3.70. The second-order valence-electron chi connectivity index (χ2n) is 5.44. The van der Waals surface area contributed by atoms with Crippen molar-refractivity contribution in [2.24, 2.45) is 0 Å². The highest BCUT2D eigenvalue weighted by Gasteiger charge is 2.21. The van der Waals surface area contributed by atoms with Crippen LogP contribution in [0.5, 0.6) is 0 Å². The molecule has 110 valence electrons. The molecule has 1 heterocycles. The Hall–Kier alpha value is -1.43. The minimum atomic E-state index is 0.00279. The molecule has 2 rings (SSSR count). The average Bonchev–Trinajstić information content (AvgIpc) is 2.44. The largest absolute Gasteiger partial charge is 0.325 e. The summed E-state index contributed by atoms with van der Waals surface area (Å²) in [7, 11) is 4.28. The van der Waals surface area contributed by atoms with Crippen molar-refractivity contribution < 1.29 is 4.79 Å². The highest BCUT2D eigenvalue weighted by atomic mass is 16.1. The van der Waals surface area contributed by atoms with Gasteiger partial charge in [-0.1, -0.05) is 18.2 Å². The molecule has 1 aliphatic rings. The lowest BCUT2D eigenvalue weighted by Crippen LogP contribution is -2.54. The van der Waals surface area contributed by atoms with Crippen LogP contribution in [0, 0.1) is 0 Å².